The largest absolute Gasteiger partial charge is 0.379 e. The molecule has 1 fully saturated rings. The minimum absolute atomic E-state index is 0. The molecule has 7 nitrogen and oxygen atoms in total. The number of aliphatic imine (C=N–C) groups is 1. The highest BCUT2D eigenvalue weighted by molar-refractivity contribution is 14.0. The predicted molar refractivity (Wildman–Crippen MR) is 116 cm³/mol. The number of guanidine groups is 1. The molecule has 0 aromatic heterocycles. The van der Waals surface area contributed by atoms with E-state index in [2.05, 4.69) is 29.4 Å². The van der Waals surface area contributed by atoms with Crippen molar-refractivity contribution in [2.24, 2.45) is 4.99 Å². The third kappa shape index (κ3) is 6.67. The number of rotatable bonds is 6. The fraction of sp³-hybridized carbons (Fsp3) is 0.588. The molecule has 0 atom stereocenters. The van der Waals surface area contributed by atoms with Crippen molar-refractivity contribution >= 4 is 40.0 Å². The van der Waals surface area contributed by atoms with Crippen molar-refractivity contribution in [1.82, 2.24) is 14.5 Å². The lowest BCUT2D eigenvalue weighted by Crippen LogP contribution is -2.45. The summed E-state index contributed by atoms with van der Waals surface area (Å²) < 4.78 is 31.4. The molecule has 0 amide bonds. The number of sulfonamides is 1. The maximum absolute atomic E-state index is 12.3. The summed E-state index contributed by atoms with van der Waals surface area (Å²) in [5.74, 6) is 0.727. The normalized spacial score (nSPS) is 16.0. The first kappa shape index (κ1) is 23.1. The average Bonchev–Trinajstić information content (AvgIpc) is 2.61. The number of aryl methyl sites for hydroxylation is 1. The van der Waals surface area contributed by atoms with Crippen LogP contribution in [0.3, 0.4) is 0 Å². The fourth-order valence-electron chi connectivity index (χ4n) is 2.75. The Kier molecular flexibility index (Phi) is 9.83. The van der Waals surface area contributed by atoms with E-state index in [9.17, 15) is 8.42 Å². The molecule has 148 valence electrons. The molecule has 1 N–H and O–H groups in total. The van der Waals surface area contributed by atoms with Crippen molar-refractivity contribution in [2.75, 3.05) is 52.7 Å². The molecule has 1 aliphatic rings. The van der Waals surface area contributed by atoms with Crippen LogP contribution >= 0.6 is 24.0 Å². The van der Waals surface area contributed by atoms with Crippen LogP contribution in [0.2, 0.25) is 0 Å². The molecule has 26 heavy (non-hydrogen) atoms. The van der Waals surface area contributed by atoms with Gasteiger partial charge < -0.3 is 15.0 Å². The molecular formula is C17H29IN4O3S. The number of morpholine rings is 1. The Morgan fingerprint density at radius 1 is 1.31 bits per heavy atom. The summed E-state index contributed by atoms with van der Waals surface area (Å²) in [5, 5.41) is 3.14. The second kappa shape index (κ2) is 11.1. The summed E-state index contributed by atoms with van der Waals surface area (Å²) in [7, 11) is 0.383. The molecule has 1 heterocycles. The van der Waals surface area contributed by atoms with Gasteiger partial charge in [0.05, 0.1) is 19.0 Å². The monoisotopic (exact) mass is 496 g/mol. The first-order valence-corrected chi connectivity index (χ1v) is 10.1. The quantitative estimate of drug-likeness (QED) is 0.365. The Bertz CT molecular complexity index is 691. The third-order valence-corrected chi connectivity index (χ3v) is 6.12. The highest BCUT2D eigenvalue weighted by Gasteiger charge is 2.24. The Morgan fingerprint density at radius 2 is 1.96 bits per heavy atom. The fourth-order valence-corrected chi connectivity index (χ4v) is 4.07. The number of benzene rings is 1. The maximum Gasteiger partial charge on any atom is 0.215 e. The van der Waals surface area contributed by atoms with E-state index in [1.165, 1.54) is 15.4 Å². The van der Waals surface area contributed by atoms with Crippen LogP contribution in [-0.4, -0.2) is 76.3 Å². The van der Waals surface area contributed by atoms with Crippen LogP contribution in [0.5, 0.6) is 0 Å². The topological polar surface area (TPSA) is 74.2 Å². The second-order valence-electron chi connectivity index (χ2n) is 6.08. The van der Waals surface area contributed by atoms with E-state index in [1.807, 2.05) is 24.1 Å². The summed E-state index contributed by atoms with van der Waals surface area (Å²) in [4.78, 5) is 6.24. The number of nitrogens with one attached hydrogen (secondary N) is 1. The van der Waals surface area contributed by atoms with Gasteiger partial charge in [-0.2, -0.15) is 4.31 Å². The zero-order valence-corrected chi connectivity index (χ0v) is 18.8. The van der Waals surface area contributed by atoms with Crippen molar-refractivity contribution in [3.05, 3.63) is 35.4 Å². The molecule has 0 aliphatic carbocycles. The smallest absolute Gasteiger partial charge is 0.215 e. The minimum Gasteiger partial charge on any atom is -0.379 e. The summed E-state index contributed by atoms with van der Waals surface area (Å²) in [6, 6.07) is 8.19. The molecule has 1 aromatic carbocycles. The van der Waals surface area contributed by atoms with E-state index >= 15 is 0 Å². The predicted octanol–water partition coefficient (Wildman–Crippen LogP) is 1.28. The van der Waals surface area contributed by atoms with Gasteiger partial charge in [0.25, 0.3) is 0 Å². The van der Waals surface area contributed by atoms with Gasteiger partial charge in [-0.3, -0.25) is 4.99 Å². The van der Waals surface area contributed by atoms with Crippen molar-refractivity contribution < 1.29 is 13.2 Å². The average molecular weight is 496 g/mol. The first-order valence-electron chi connectivity index (χ1n) is 8.46. The zero-order chi connectivity index (χ0) is 18.3. The van der Waals surface area contributed by atoms with E-state index in [1.54, 1.807) is 7.05 Å². The van der Waals surface area contributed by atoms with Crippen molar-refractivity contribution in [3.8, 4) is 0 Å². The van der Waals surface area contributed by atoms with E-state index in [-0.39, 0.29) is 29.7 Å². The molecule has 0 unspecified atom stereocenters. The molecule has 1 saturated heterocycles. The SMILES string of the molecule is CN=C(NCCS(=O)(=O)N1CCOCC1)N(C)Cc1ccccc1C.I. The van der Waals surface area contributed by atoms with Gasteiger partial charge in [0.1, 0.15) is 0 Å². The maximum atomic E-state index is 12.3. The lowest BCUT2D eigenvalue weighted by Gasteiger charge is -2.27. The van der Waals surface area contributed by atoms with Gasteiger partial charge in [-0.1, -0.05) is 24.3 Å². The molecule has 0 radical (unpaired) electrons. The first-order chi connectivity index (χ1) is 11.9. The van der Waals surface area contributed by atoms with Crippen molar-refractivity contribution in [1.29, 1.82) is 0 Å². The van der Waals surface area contributed by atoms with Gasteiger partial charge in [0.15, 0.2) is 5.96 Å². The number of nitrogens with zero attached hydrogens (tertiary/aromatic N) is 3. The molecule has 2 rings (SSSR count). The molecule has 9 heteroatoms. The Morgan fingerprint density at radius 3 is 2.58 bits per heavy atom. The number of halogens is 1. The standard InChI is InChI=1S/C17H28N4O3S.HI/c1-15-6-4-5-7-16(15)14-20(3)17(18-2)19-8-13-25(22,23)21-9-11-24-12-10-21;/h4-7H,8-14H2,1-3H3,(H,18,19);1H. The van der Waals surface area contributed by atoms with Crippen molar-refractivity contribution in [3.63, 3.8) is 0 Å². The highest BCUT2D eigenvalue weighted by atomic mass is 127. The lowest BCUT2D eigenvalue weighted by atomic mass is 10.1. The van der Waals surface area contributed by atoms with E-state index in [0.717, 1.165) is 0 Å². The number of ether oxygens (including phenoxy) is 1. The summed E-state index contributed by atoms with van der Waals surface area (Å²) in [5.41, 5.74) is 2.44. The van der Waals surface area contributed by atoms with Gasteiger partial charge in [-0.15, -0.1) is 24.0 Å². The van der Waals surface area contributed by atoms with Gasteiger partial charge in [0, 0.05) is 40.3 Å². The van der Waals surface area contributed by atoms with E-state index < -0.39 is 10.0 Å². The van der Waals surface area contributed by atoms with Crippen LogP contribution in [0.25, 0.3) is 0 Å². The lowest BCUT2D eigenvalue weighted by molar-refractivity contribution is 0.0730. The summed E-state index contributed by atoms with van der Waals surface area (Å²) in [6.07, 6.45) is 0. The van der Waals surface area contributed by atoms with Crippen LogP contribution in [0, 0.1) is 6.92 Å². The zero-order valence-electron chi connectivity index (χ0n) is 15.6. The molecule has 0 saturated carbocycles. The van der Waals surface area contributed by atoms with Crippen LogP contribution in [0.4, 0.5) is 0 Å². The number of hydrogen-bond acceptors (Lipinski definition) is 4. The van der Waals surface area contributed by atoms with Crippen LogP contribution in [-0.2, 0) is 21.3 Å². The molecule has 1 aromatic rings. The van der Waals surface area contributed by atoms with Gasteiger partial charge in [0.2, 0.25) is 10.0 Å². The van der Waals surface area contributed by atoms with Crippen LogP contribution < -0.4 is 5.32 Å². The molecule has 1 aliphatic heterocycles. The molecular weight excluding hydrogens is 467 g/mol. The van der Waals surface area contributed by atoms with E-state index in [4.69, 9.17) is 4.74 Å². The molecule has 0 bridgehead atoms. The van der Waals surface area contributed by atoms with Crippen molar-refractivity contribution in [2.45, 2.75) is 13.5 Å². The van der Waals surface area contributed by atoms with E-state index in [0.29, 0.717) is 45.4 Å². The third-order valence-electron chi connectivity index (χ3n) is 4.25. The van der Waals surface area contributed by atoms with Crippen LogP contribution in [0.1, 0.15) is 11.1 Å². The van der Waals surface area contributed by atoms with Gasteiger partial charge >= 0.3 is 0 Å². The van der Waals surface area contributed by atoms with Gasteiger partial charge in [-0.05, 0) is 18.1 Å². The summed E-state index contributed by atoms with van der Waals surface area (Å²) >= 11 is 0. The Labute approximate surface area is 173 Å². The Hall–Kier alpha value is -0.910. The van der Waals surface area contributed by atoms with Gasteiger partial charge in [-0.25, -0.2) is 8.42 Å². The minimum atomic E-state index is -3.26. The van der Waals surface area contributed by atoms with Crippen LogP contribution in [0.15, 0.2) is 29.3 Å². The molecule has 0 spiro atoms. The number of hydrogen-bond donors (Lipinski definition) is 1. The Balaban J connectivity index is 0.00000338. The summed E-state index contributed by atoms with van der Waals surface area (Å²) in [6.45, 7) is 4.91. The second-order valence-corrected chi connectivity index (χ2v) is 8.17. The highest BCUT2D eigenvalue weighted by Crippen LogP contribution is 2.09.